The van der Waals surface area contributed by atoms with Gasteiger partial charge in [-0.05, 0) is 36.8 Å². The molecule has 4 heteroatoms. The van der Waals surface area contributed by atoms with E-state index >= 15 is 0 Å². The smallest absolute Gasteiger partial charge is 0.124 e. The van der Waals surface area contributed by atoms with Crippen molar-refractivity contribution in [1.82, 2.24) is 4.98 Å². The molecule has 0 radical (unpaired) electrons. The van der Waals surface area contributed by atoms with E-state index in [0.29, 0.717) is 10.6 Å². The Morgan fingerprint density at radius 2 is 2.12 bits per heavy atom. The van der Waals surface area contributed by atoms with Crippen LogP contribution in [0, 0.1) is 12.7 Å². The van der Waals surface area contributed by atoms with Gasteiger partial charge in [0.15, 0.2) is 0 Å². The number of hydrogen-bond donors (Lipinski definition) is 0. The van der Waals surface area contributed by atoms with Crippen LogP contribution in [0.2, 0.25) is 0 Å². The third kappa shape index (κ3) is 2.97. The number of aryl methyl sites for hydroxylation is 1. The van der Waals surface area contributed by atoms with Gasteiger partial charge in [0.2, 0.25) is 0 Å². The van der Waals surface area contributed by atoms with Gasteiger partial charge in [-0.25, -0.2) is 4.39 Å². The topological polar surface area (TPSA) is 30.0 Å². The Hall–Kier alpha value is -1.55. The molecular weight excluding hydrogens is 237 g/mol. The molecule has 1 unspecified atom stereocenters. The molecule has 0 saturated carbocycles. The van der Waals surface area contributed by atoms with E-state index in [1.807, 2.05) is 19.1 Å². The number of halogens is 1. The quantitative estimate of drug-likeness (QED) is 0.837. The first-order valence-electron chi connectivity index (χ1n) is 5.21. The first-order chi connectivity index (χ1) is 8.16. The molecule has 1 heterocycles. The molecule has 0 aliphatic rings. The molecule has 88 valence electrons. The first kappa shape index (κ1) is 11.9. The molecule has 0 fully saturated rings. The summed E-state index contributed by atoms with van der Waals surface area (Å²) in [5, 5.41) is 0. The second-order valence-electron chi connectivity index (χ2n) is 3.71. The number of hydrogen-bond acceptors (Lipinski definition) is 2. The molecule has 2 aromatic rings. The van der Waals surface area contributed by atoms with Crippen LogP contribution < -0.4 is 0 Å². The number of benzene rings is 1. The van der Waals surface area contributed by atoms with Gasteiger partial charge in [-0.2, -0.15) is 0 Å². The summed E-state index contributed by atoms with van der Waals surface area (Å²) < 4.78 is 25.0. The van der Waals surface area contributed by atoms with E-state index in [1.54, 1.807) is 18.3 Å². The Morgan fingerprint density at radius 1 is 1.29 bits per heavy atom. The van der Waals surface area contributed by atoms with Crippen molar-refractivity contribution in [3.8, 4) is 0 Å². The Bertz CT molecular complexity index is 557. The fraction of sp³-hybridized carbons (Fsp3) is 0.154. The van der Waals surface area contributed by atoms with Gasteiger partial charge in [0.05, 0.1) is 22.2 Å². The zero-order chi connectivity index (χ0) is 12.3. The second kappa shape index (κ2) is 5.19. The number of rotatable bonds is 3. The van der Waals surface area contributed by atoms with Gasteiger partial charge >= 0.3 is 0 Å². The fourth-order valence-electron chi connectivity index (χ4n) is 1.49. The third-order valence-electron chi connectivity index (χ3n) is 2.44. The van der Waals surface area contributed by atoms with Gasteiger partial charge in [-0.15, -0.1) is 0 Å². The Labute approximate surface area is 102 Å². The minimum atomic E-state index is -1.26. The molecule has 0 saturated heterocycles. The summed E-state index contributed by atoms with van der Waals surface area (Å²) in [6, 6.07) is 9.63. The molecular formula is C13H12FNOS. The predicted molar refractivity (Wildman–Crippen MR) is 65.5 cm³/mol. The molecule has 0 spiro atoms. The highest BCUT2D eigenvalue weighted by atomic mass is 32.2. The van der Waals surface area contributed by atoms with E-state index in [9.17, 15) is 8.60 Å². The molecule has 1 aromatic carbocycles. The third-order valence-corrected chi connectivity index (χ3v) is 3.76. The molecule has 17 heavy (non-hydrogen) atoms. The molecule has 0 aliphatic carbocycles. The van der Waals surface area contributed by atoms with Crippen LogP contribution in [0.15, 0.2) is 47.5 Å². The van der Waals surface area contributed by atoms with Gasteiger partial charge in [0.25, 0.3) is 0 Å². The lowest BCUT2D eigenvalue weighted by molar-refractivity contribution is 0.622. The number of pyridine rings is 1. The van der Waals surface area contributed by atoms with Crippen LogP contribution in [0.4, 0.5) is 4.39 Å². The lowest BCUT2D eigenvalue weighted by Crippen LogP contribution is -2.01. The maximum Gasteiger partial charge on any atom is 0.124 e. The van der Waals surface area contributed by atoms with E-state index < -0.39 is 10.8 Å². The van der Waals surface area contributed by atoms with Crippen LogP contribution in [0.5, 0.6) is 0 Å². The van der Waals surface area contributed by atoms with Crippen molar-refractivity contribution in [3.05, 3.63) is 59.7 Å². The Balaban J connectivity index is 2.20. The average molecular weight is 249 g/mol. The summed E-state index contributed by atoms with van der Waals surface area (Å²) in [6.07, 6.45) is 1.67. The minimum Gasteiger partial charge on any atom is -0.260 e. The van der Waals surface area contributed by atoms with Gasteiger partial charge < -0.3 is 0 Å². The maximum atomic E-state index is 13.0. The summed E-state index contributed by atoms with van der Waals surface area (Å²) in [4.78, 5) is 4.67. The van der Waals surface area contributed by atoms with Crippen LogP contribution in [-0.4, -0.2) is 9.19 Å². The molecule has 2 rings (SSSR count). The van der Waals surface area contributed by atoms with Crippen LogP contribution in [0.25, 0.3) is 0 Å². The summed E-state index contributed by atoms with van der Waals surface area (Å²) in [7, 11) is -1.26. The standard InChI is InChI=1S/C13H12FNOS/c1-10-4-3-7-15-13(10)9-17(16)12-6-2-5-11(14)8-12/h2-8H,9H2,1H3. The Kier molecular flexibility index (Phi) is 3.64. The van der Waals surface area contributed by atoms with E-state index in [0.717, 1.165) is 11.3 Å². The normalized spacial score (nSPS) is 12.4. The largest absolute Gasteiger partial charge is 0.260 e. The van der Waals surface area contributed by atoms with Crippen LogP contribution in [0.1, 0.15) is 11.3 Å². The van der Waals surface area contributed by atoms with E-state index in [1.165, 1.54) is 12.1 Å². The van der Waals surface area contributed by atoms with Crippen molar-refractivity contribution in [2.45, 2.75) is 17.6 Å². The van der Waals surface area contributed by atoms with E-state index in [2.05, 4.69) is 4.98 Å². The molecule has 1 atom stereocenters. The highest BCUT2D eigenvalue weighted by Gasteiger charge is 2.08. The van der Waals surface area contributed by atoms with Crippen LogP contribution in [-0.2, 0) is 16.6 Å². The summed E-state index contributed by atoms with van der Waals surface area (Å²) in [6.45, 7) is 1.92. The average Bonchev–Trinajstić information content (AvgIpc) is 2.32. The number of nitrogens with zero attached hydrogens (tertiary/aromatic N) is 1. The lowest BCUT2D eigenvalue weighted by Gasteiger charge is -2.04. The summed E-state index contributed by atoms with van der Waals surface area (Å²) >= 11 is 0. The van der Waals surface area contributed by atoms with Crippen molar-refractivity contribution in [1.29, 1.82) is 0 Å². The van der Waals surface area contributed by atoms with Crippen molar-refractivity contribution >= 4 is 10.8 Å². The van der Waals surface area contributed by atoms with Gasteiger partial charge in [0.1, 0.15) is 5.82 Å². The molecule has 0 amide bonds. The van der Waals surface area contributed by atoms with Crippen molar-refractivity contribution in [2.24, 2.45) is 0 Å². The van der Waals surface area contributed by atoms with Crippen molar-refractivity contribution in [3.63, 3.8) is 0 Å². The second-order valence-corrected chi connectivity index (χ2v) is 5.17. The highest BCUT2D eigenvalue weighted by molar-refractivity contribution is 7.84. The molecule has 2 nitrogen and oxygen atoms in total. The zero-order valence-electron chi connectivity index (χ0n) is 9.39. The van der Waals surface area contributed by atoms with E-state index in [4.69, 9.17) is 0 Å². The SMILES string of the molecule is Cc1cccnc1CS(=O)c1cccc(F)c1. The van der Waals surface area contributed by atoms with Gasteiger partial charge in [-0.3, -0.25) is 9.19 Å². The van der Waals surface area contributed by atoms with E-state index in [-0.39, 0.29) is 5.82 Å². The van der Waals surface area contributed by atoms with Gasteiger partial charge in [0, 0.05) is 11.1 Å². The van der Waals surface area contributed by atoms with Crippen molar-refractivity contribution in [2.75, 3.05) is 0 Å². The summed E-state index contributed by atoms with van der Waals surface area (Å²) in [5.41, 5.74) is 1.78. The van der Waals surface area contributed by atoms with Crippen LogP contribution >= 0.6 is 0 Å². The molecule has 1 aromatic heterocycles. The zero-order valence-corrected chi connectivity index (χ0v) is 10.2. The maximum absolute atomic E-state index is 13.0. The predicted octanol–water partition coefficient (Wildman–Crippen LogP) is 2.84. The monoisotopic (exact) mass is 249 g/mol. The molecule has 0 bridgehead atoms. The first-order valence-corrected chi connectivity index (χ1v) is 6.53. The Morgan fingerprint density at radius 3 is 2.82 bits per heavy atom. The highest BCUT2D eigenvalue weighted by Crippen LogP contribution is 2.14. The molecule has 0 N–H and O–H groups in total. The minimum absolute atomic E-state index is 0.316. The van der Waals surface area contributed by atoms with Crippen LogP contribution in [0.3, 0.4) is 0 Å². The van der Waals surface area contributed by atoms with Gasteiger partial charge in [-0.1, -0.05) is 12.1 Å². The number of aromatic nitrogens is 1. The fourth-order valence-corrected chi connectivity index (χ4v) is 2.68. The lowest BCUT2D eigenvalue weighted by atomic mass is 10.2. The molecule has 0 aliphatic heterocycles. The van der Waals surface area contributed by atoms with Crippen molar-refractivity contribution < 1.29 is 8.60 Å². The summed E-state index contributed by atoms with van der Waals surface area (Å²) in [5.74, 6) is -0.0514.